The number of carbonyl (C=O) groups excluding carboxylic acids is 2. The average molecular weight is 554 g/mol. The maximum absolute atomic E-state index is 13.3. The Balaban J connectivity index is 1.50. The summed E-state index contributed by atoms with van der Waals surface area (Å²) >= 11 is 1.41. The minimum absolute atomic E-state index is 0.199. The second-order valence-electron chi connectivity index (χ2n) is 9.18. The minimum atomic E-state index is -0.721. The Hall–Kier alpha value is -3.84. The van der Waals surface area contributed by atoms with Crippen LogP contribution in [0.1, 0.15) is 43.0 Å². The van der Waals surface area contributed by atoms with Crippen LogP contribution in [0.25, 0.3) is 11.5 Å². The molecule has 5 rings (SSSR count). The lowest BCUT2D eigenvalue weighted by molar-refractivity contribution is -0.139. The van der Waals surface area contributed by atoms with Crippen molar-refractivity contribution in [2.24, 2.45) is 7.05 Å². The third kappa shape index (κ3) is 5.50. The van der Waals surface area contributed by atoms with Gasteiger partial charge in [-0.3, -0.25) is 9.25 Å². The van der Waals surface area contributed by atoms with E-state index in [0.29, 0.717) is 40.4 Å². The number of urea groups is 1. The first-order valence-electron chi connectivity index (χ1n) is 12.6. The number of esters is 1. The summed E-state index contributed by atoms with van der Waals surface area (Å²) < 4.78 is 20.1. The quantitative estimate of drug-likeness (QED) is 0.271. The number of carbonyl (C=O) groups is 2. The van der Waals surface area contributed by atoms with Gasteiger partial charge in [-0.15, -0.1) is 10.2 Å². The highest BCUT2D eigenvalue weighted by Gasteiger charge is 2.35. The maximum atomic E-state index is 13.3. The molecule has 1 aliphatic carbocycles. The Morgan fingerprint density at radius 1 is 1.21 bits per heavy atom. The van der Waals surface area contributed by atoms with E-state index >= 15 is 0 Å². The average Bonchev–Trinajstić information content (AvgIpc) is 3.54. The van der Waals surface area contributed by atoms with Crippen molar-refractivity contribution in [3.63, 3.8) is 0 Å². The molecule has 2 amide bonds. The van der Waals surface area contributed by atoms with Crippen LogP contribution in [0.4, 0.5) is 4.79 Å². The molecule has 2 N–H and O–H groups in total. The molecule has 0 spiro atoms. The van der Waals surface area contributed by atoms with Crippen molar-refractivity contribution in [1.82, 2.24) is 35.2 Å². The highest BCUT2D eigenvalue weighted by atomic mass is 32.2. The summed E-state index contributed by atoms with van der Waals surface area (Å²) in [6.07, 6.45) is 3.81. The summed E-state index contributed by atoms with van der Waals surface area (Å²) in [7, 11) is 5.05. The molecule has 2 aromatic heterocycles. The predicted octanol–water partition coefficient (Wildman–Crippen LogP) is 3.13. The first-order valence-corrected chi connectivity index (χ1v) is 13.6. The van der Waals surface area contributed by atoms with Crippen LogP contribution in [0.5, 0.6) is 5.75 Å². The van der Waals surface area contributed by atoms with E-state index in [1.807, 2.05) is 25.2 Å². The van der Waals surface area contributed by atoms with E-state index in [1.54, 1.807) is 38.1 Å². The fourth-order valence-electron chi connectivity index (χ4n) is 4.62. The number of benzene rings is 1. The molecule has 13 heteroatoms. The van der Waals surface area contributed by atoms with E-state index in [4.69, 9.17) is 14.2 Å². The standard InChI is InChI=1S/C26H31N7O5S/c1-5-38-24(34)21-18(28-25(35)29-22(21)15-6-9-20(37-4)16(12-15)13-36-3)14-39-26-31-30-23(33(26)17-7-8-17)19-10-11-27-32(19)2/h6,9-12,17,22H,5,7-8,13-14H2,1-4H3,(H2,28,29,35)/t22-/m0/s1. The van der Waals surface area contributed by atoms with Crippen molar-refractivity contribution in [3.05, 3.63) is 52.9 Å². The van der Waals surface area contributed by atoms with E-state index in [-0.39, 0.29) is 12.4 Å². The Bertz CT molecular complexity index is 1410. The molecule has 3 aromatic rings. The Morgan fingerprint density at radius 3 is 2.69 bits per heavy atom. The van der Waals surface area contributed by atoms with Gasteiger partial charge in [0.05, 0.1) is 31.9 Å². The molecular formula is C26H31N7O5S. The van der Waals surface area contributed by atoms with Gasteiger partial charge in [0.25, 0.3) is 0 Å². The summed E-state index contributed by atoms with van der Waals surface area (Å²) in [5.74, 6) is 1.18. The number of rotatable bonds is 11. The summed E-state index contributed by atoms with van der Waals surface area (Å²) in [4.78, 5) is 26.1. The molecule has 0 unspecified atom stereocenters. The van der Waals surface area contributed by atoms with Gasteiger partial charge < -0.3 is 24.8 Å². The van der Waals surface area contributed by atoms with E-state index < -0.39 is 18.0 Å². The van der Waals surface area contributed by atoms with Crippen LogP contribution in [0, 0.1) is 0 Å². The van der Waals surface area contributed by atoms with E-state index in [0.717, 1.165) is 29.9 Å². The third-order valence-electron chi connectivity index (χ3n) is 6.56. The van der Waals surface area contributed by atoms with Crippen molar-refractivity contribution in [3.8, 4) is 17.3 Å². The molecule has 1 aromatic carbocycles. The van der Waals surface area contributed by atoms with Crippen LogP contribution < -0.4 is 15.4 Å². The lowest BCUT2D eigenvalue weighted by Gasteiger charge is -2.29. The van der Waals surface area contributed by atoms with Gasteiger partial charge in [0.15, 0.2) is 11.0 Å². The normalized spacial score (nSPS) is 17.1. The highest BCUT2D eigenvalue weighted by Crippen LogP contribution is 2.41. The van der Waals surface area contributed by atoms with Crippen molar-refractivity contribution < 1.29 is 23.8 Å². The summed E-state index contributed by atoms with van der Waals surface area (Å²) in [6.45, 7) is 2.26. The fraction of sp³-hybridized carbons (Fsp3) is 0.423. The van der Waals surface area contributed by atoms with Gasteiger partial charge in [-0.2, -0.15) is 5.10 Å². The zero-order valence-electron chi connectivity index (χ0n) is 22.3. The molecular weight excluding hydrogens is 522 g/mol. The van der Waals surface area contributed by atoms with Crippen molar-refractivity contribution in [1.29, 1.82) is 0 Å². The zero-order chi connectivity index (χ0) is 27.5. The fourth-order valence-corrected chi connectivity index (χ4v) is 5.59. The lowest BCUT2D eigenvalue weighted by atomic mass is 9.94. The van der Waals surface area contributed by atoms with Crippen molar-refractivity contribution >= 4 is 23.8 Å². The van der Waals surface area contributed by atoms with Gasteiger partial charge in [0, 0.05) is 43.4 Å². The number of aromatic nitrogens is 5. The van der Waals surface area contributed by atoms with Crippen LogP contribution in [-0.2, 0) is 27.9 Å². The van der Waals surface area contributed by atoms with Crippen LogP contribution in [0.2, 0.25) is 0 Å². The molecule has 1 fully saturated rings. The molecule has 206 valence electrons. The van der Waals surface area contributed by atoms with Crippen LogP contribution >= 0.6 is 11.8 Å². The number of thioether (sulfide) groups is 1. The van der Waals surface area contributed by atoms with Crippen molar-refractivity contribution in [2.75, 3.05) is 26.6 Å². The van der Waals surface area contributed by atoms with Gasteiger partial charge in [0.1, 0.15) is 11.4 Å². The number of methoxy groups -OCH3 is 2. The van der Waals surface area contributed by atoms with E-state index in [9.17, 15) is 9.59 Å². The second kappa shape index (κ2) is 11.5. The first-order chi connectivity index (χ1) is 18.9. The smallest absolute Gasteiger partial charge is 0.338 e. The molecule has 39 heavy (non-hydrogen) atoms. The highest BCUT2D eigenvalue weighted by molar-refractivity contribution is 7.99. The number of ether oxygens (including phenoxy) is 3. The predicted molar refractivity (Wildman–Crippen MR) is 143 cm³/mol. The number of amides is 2. The van der Waals surface area contributed by atoms with Crippen LogP contribution in [0.15, 0.2) is 46.9 Å². The van der Waals surface area contributed by atoms with Gasteiger partial charge in [-0.05, 0) is 43.5 Å². The first kappa shape index (κ1) is 26.8. The summed E-state index contributed by atoms with van der Waals surface area (Å²) in [6, 6.07) is 6.57. The van der Waals surface area contributed by atoms with Gasteiger partial charge in [0.2, 0.25) is 0 Å². The third-order valence-corrected chi connectivity index (χ3v) is 7.53. The van der Waals surface area contributed by atoms with E-state index in [1.165, 1.54) is 11.8 Å². The molecule has 0 bridgehead atoms. The molecule has 1 aliphatic heterocycles. The molecule has 0 saturated heterocycles. The summed E-state index contributed by atoms with van der Waals surface area (Å²) in [5.41, 5.74) is 3.17. The number of hydrogen-bond acceptors (Lipinski definition) is 9. The maximum Gasteiger partial charge on any atom is 0.338 e. The van der Waals surface area contributed by atoms with Gasteiger partial charge >= 0.3 is 12.0 Å². The summed E-state index contributed by atoms with van der Waals surface area (Å²) in [5, 5.41) is 19.6. The van der Waals surface area contributed by atoms with E-state index in [2.05, 4.69) is 30.5 Å². The monoisotopic (exact) mass is 553 g/mol. The number of aryl methyl sites for hydroxylation is 1. The largest absolute Gasteiger partial charge is 0.496 e. The molecule has 3 heterocycles. The lowest BCUT2D eigenvalue weighted by Crippen LogP contribution is -2.46. The van der Waals surface area contributed by atoms with Crippen molar-refractivity contribution in [2.45, 2.75) is 43.6 Å². The van der Waals surface area contributed by atoms with Gasteiger partial charge in [-0.25, -0.2) is 9.59 Å². The molecule has 1 atom stereocenters. The molecule has 0 radical (unpaired) electrons. The molecule has 12 nitrogen and oxygen atoms in total. The Labute approximate surface area is 230 Å². The second-order valence-corrected chi connectivity index (χ2v) is 10.1. The van der Waals surface area contributed by atoms with Crippen LogP contribution in [-0.4, -0.2) is 63.1 Å². The number of nitrogens with zero attached hydrogens (tertiary/aromatic N) is 5. The zero-order valence-corrected chi connectivity index (χ0v) is 23.1. The Kier molecular flexibility index (Phi) is 7.89. The minimum Gasteiger partial charge on any atom is -0.496 e. The SMILES string of the molecule is CCOC(=O)C1=C(CSc2nnc(-c3ccnn3C)n2C2CC2)NC(=O)N[C@H]1c1ccc(OC)c(COC)c1. The van der Waals surface area contributed by atoms with Gasteiger partial charge in [-0.1, -0.05) is 17.8 Å². The molecule has 1 saturated carbocycles. The molecule has 2 aliphatic rings. The van der Waals surface area contributed by atoms with Crippen LogP contribution in [0.3, 0.4) is 0 Å². The topological polar surface area (TPSA) is 134 Å². The number of hydrogen-bond donors (Lipinski definition) is 2. The number of nitrogens with one attached hydrogen (secondary N) is 2. The Morgan fingerprint density at radius 2 is 2.03 bits per heavy atom.